The third-order valence-corrected chi connectivity index (χ3v) is 6.06. The van der Waals surface area contributed by atoms with Crippen LogP contribution in [0.5, 0.6) is 5.75 Å². The van der Waals surface area contributed by atoms with Crippen LogP contribution >= 0.6 is 35.0 Å². The van der Waals surface area contributed by atoms with Gasteiger partial charge in [0.1, 0.15) is 12.4 Å². The Bertz CT molecular complexity index is 1200. The molecule has 3 rings (SSSR count). The molecule has 0 atom stereocenters. The molecular weight excluding hydrogens is 512 g/mol. The van der Waals surface area contributed by atoms with Crippen LogP contribution in [0.1, 0.15) is 17.0 Å². The number of nitrogens with one attached hydrogen (secondary N) is 1. The summed E-state index contributed by atoms with van der Waals surface area (Å²) in [6.45, 7) is 6.07. The summed E-state index contributed by atoms with van der Waals surface area (Å²) < 4.78 is 46.3. The van der Waals surface area contributed by atoms with Gasteiger partial charge in [0.25, 0.3) is 0 Å². The van der Waals surface area contributed by atoms with Gasteiger partial charge in [-0.25, -0.2) is 0 Å². The van der Waals surface area contributed by atoms with Crippen LogP contribution in [0, 0.1) is 6.92 Å². The summed E-state index contributed by atoms with van der Waals surface area (Å²) in [5.41, 5.74) is -0.0576. The van der Waals surface area contributed by atoms with Crippen LogP contribution in [0.25, 0.3) is 0 Å². The second kappa shape index (κ2) is 11.2. The van der Waals surface area contributed by atoms with E-state index in [-0.39, 0.29) is 23.1 Å². The molecule has 0 saturated carbocycles. The van der Waals surface area contributed by atoms with Crippen molar-refractivity contribution in [2.45, 2.75) is 31.4 Å². The fourth-order valence-electron chi connectivity index (χ4n) is 2.82. The van der Waals surface area contributed by atoms with Gasteiger partial charge in [0.2, 0.25) is 5.91 Å². The van der Waals surface area contributed by atoms with E-state index in [4.69, 9.17) is 27.9 Å². The molecule has 1 amide bonds. The van der Waals surface area contributed by atoms with Crippen LogP contribution in [0.2, 0.25) is 10.0 Å². The Morgan fingerprint density at radius 1 is 1.21 bits per heavy atom. The third kappa shape index (κ3) is 6.68. The number of benzene rings is 2. The van der Waals surface area contributed by atoms with Crippen LogP contribution in [0.15, 0.2) is 54.2 Å². The molecule has 2 aromatic carbocycles. The first-order chi connectivity index (χ1) is 16.1. The third-order valence-electron chi connectivity index (χ3n) is 4.45. The molecule has 0 spiro atoms. The van der Waals surface area contributed by atoms with Crippen molar-refractivity contribution < 1.29 is 22.7 Å². The molecule has 0 unspecified atom stereocenters. The first-order valence-corrected chi connectivity index (χ1v) is 11.5. The van der Waals surface area contributed by atoms with Crippen LogP contribution in [0.3, 0.4) is 0 Å². The molecule has 180 valence electrons. The number of aryl methyl sites for hydroxylation is 1. The Kier molecular flexibility index (Phi) is 8.51. The minimum absolute atomic E-state index is 0.00424. The van der Waals surface area contributed by atoms with E-state index < -0.39 is 17.6 Å². The molecule has 12 heteroatoms. The molecule has 0 aliphatic carbocycles. The molecule has 0 radical (unpaired) electrons. The summed E-state index contributed by atoms with van der Waals surface area (Å²) in [6, 6.07) is 8.12. The SMILES string of the molecule is C=CCn1c(COc2cc(C)ccc2Cl)nnc1SCC(=O)Nc1cc(C(F)(F)F)ccc1Cl. The lowest BCUT2D eigenvalue weighted by atomic mass is 10.2. The van der Waals surface area contributed by atoms with Gasteiger partial charge < -0.3 is 10.1 Å². The molecule has 0 aliphatic heterocycles. The lowest BCUT2D eigenvalue weighted by Crippen LogP contribution is -2.16. The van der Waals surface area contributed by atoms with Gasteiger partial charge >= 0.3 is 6.18 Å². The smallest absolute Gasteiger partial charge is 0.416 e. The number of halogens is 5. The number of thioether (sulfide) groups is 1. The van der Waals surface area contributed by atoms with Crippen LogP contribution in [-0.2, 0) is 24.1 Å². The first kappa shape index (κ1) is 25.9. The van der Waals surface area contributed by atoms with Crippen molar-refractivity contribution in [2.24, 2.45) is 0 Å². The predicted octanol–water partition coefficient (Wildman–Crippen LogP) is 6.41. The minimum atomic E-state index is -4.55. The molecule has 3 aromatic rings. The van der Waals surface area contributed by atoms with Crippen molar-refractivity contribution in [2.75, 3.05) is 11.1 Å². The number of alkyl halides is 3. The van der Waals surface area contributed by atoms with Gasteiger partial charge in [-0.2, -0.15) is 13.2 Å². The molecule has 1 N–H and O–H groups in total. The Hall–Kier alpha value is -2.69. The summed E-state index contributed by atoms with van der Waals surface area (Å²) in [4.78, 5) is 12.4. The van der Waals surface area contributed by atoms with Gasteiger partial charge in [0.15, 0.2) is 11.0 Å². The lowest BCUT2D eigenvalue weighted by molar-refractivity contribution is -0.137. The fraction of sp³-hybridized carbons (Fsp3) is 0.227. The number of anilines is 1. The molecule has 0 bridgehead atoms. The Morgan fingerprint density at radius 3 is 2.65 bits per heavy atom. The molecule has 0 fully saturated rings. The zero-order chi connectivity index (χ0) is 24.9. The summed E-state index contributed by atoms with van der Waals surface area (Å²) in [7, 11) is 0. The highest BCUT2D eigenvalue weighted by molar-refractivity contribution is 7.99. The van der Waals surface area contributed by atoms with Crippen LogP contribution in [0.4, 0.5) is 18.9 Å². The van der Waals surface area contributed by atoms with Gasteiger partial charge in [0, 0.05) is 6.54 Å². The topological polar surface area (TPSA) is 69.0 Å². The minimum Gasteiger partial charge on any atom is -0.484 e. The van der Waals surface area contributed by atoms with Crippen LogP contribution in [-0.4, -0.2) is 26.4 Å². The van der Waals surface area contributed by atoms with Crippen molar-refractivity contribution in [1.82, 2.24) is 14.8 Å². The predicted molar refractivity (Wildman–Crippen MR) is 127 cm³/mol. The maximum Gasteiger partial charge on any atom is 0.416 e. The van der Waals surface area contributed by atoms with E-state index in [0.29, 0.717) is 28.3 Å². The molecule has 6 nitrogen and oxygen atoms in total. The number of hydrogen-bond acceptors (Lipinski definition) is 5. The summed E-state index contributed by atoms with van der Waals surface area (Å²) in [5.74, 6) is 0.304. The second-order valence-electron chi connectivity index (χ2n) is 7.05. The summed E-state index contributed by atoms with van der Waals surface area (Å²) in [5, 5.41) is 11.5. The largest absolute Gasteiger partial charge is 0.484 e. The van der Waals surface area contributed by atoms with Crippen LogP contribution < -0.4 is 10.1 Å². The Balaban J connectivity index is 1.67. The fourth-order valence-corrected chi connectivity index (χ4v) is 3.93. The van der Waals surface area contributed by atoms with E-state index >= 15 is 0 Å². The van der Waals surface area contributed by atoms with Crippen molar-refractivity contribution in [1.29, 1.82) is 0 Å². The van der Waals surface area contributed by atoms with Gasteiger partial charge in [-0.15, -0.1) is 16.8 Å². The van der Waals surface area contributed by atoms with Gasteiger partial charge in [0.05, 0.1) is 27.0 Å². The number of allylic oxidation sites excluding steroid dienone is 1. The average Bonchev–Trinajstić information content (AvgIpc) is 3.15. The average molecular weight is 531 g/mol. The number of amides is 1. The van der Waals surface area contributed by atoms with Gasteiger partial charge in [-0.1, -0.05) is 47.1 Å². The maximum absolute atomic E-state index is 12.9. The normalized spacial score (nSPS) is 11.4. The monoisotopic (exact) mass is 530 g/mol. The lowest BCUT2D eigenvalue weighted by Gasteiger charge is -2.12. The molecule has 0 saturated heterocycles. The number of rotatable bonds is 9. The van der Waals surface area contributed by atoms with E-state index in [1.165, 1.54) is 0 Å². The van der Waals surface area contributed by atoms with Crippen molar-refractivity contribution in [3.63, 3.8) is 0 Å². The highest BCUT2D eigenvalue weighted by Gasteiger charge is 2.31. The molecule has 1 aromatic heterocycles. The maximum atomic E-state index is 12.9. The van der Waals surface area contributed by atoms with E-state index in [0.717, 1.165) is 35.5 Å². The molecule has 0 aliphatic rings. The number of nitrogens with zero attached hydrogens (tertiary/aromatic N) is 3. The van der Waals surface area contributed by atoms with Crippen molar-refractivity contribution >= 4 is 46.6 Å². The van der Waals surface area contributed by atoms with Crippen molar-refractivity contribution in [3.05, 3.63) is 76.0 Å². The number of carbonyl (C=O) groups excluding carboxylic acids is 1. The quantitative estimate of drug-likeness (QED) is 0.255. The summed E-state index contributed by atoms with van der Waals surface area (Å²) in [6.07, 6.45) is -2.92. The van der Waals surface area contributed by atoms with E-state index in [9.17, 15) is 18.0 Å². The van der Waals surface area contributed by atoms with E-state index in [1.54, 1.807) is 22.8 Å². The van der Waals surface area contributed by atoms with Crippen molar-refractivity contribution in [3.8, 4) is 5.75 Å². The van der Waals surface area contributed by atoms with E-state index in [2.05, 4.69) is 22.1 Å². The summed E-state index contributed by atoms with van der Waals surface area (Å²) >= 11 is 13.2. The number of carbonyl (C=O) groups is 1. The molecule has 34 heavy (non-hydrogen) atoms. The van der Waals surface area contributed by atoms with E-state index in [1.807, 2.05) is 13.0 Å². The first-order valence-electron chi connectivity index (χ1n) is 9.79. The van der Waals surface area contributed by atoms with Gasteiger partial charge in [-0.3, -0.25) is 9.36 Å². The second-order valence-corrected chi connectivity index (χ2v) is 8.81. The standard InChI is InChI=1S/C22H19Cl2F3N4O2S/c1-3-8-31-19(11-33-18-9-13(2)4-6-16(18)24)29-30-21(31)34-12-20(32)28-17-10-14(22(25,26)27)5-7-15(17)23/h3-7,9-10H,1,8,11-12H2,2H3,(H,28,32). The number of aromatic nitrogens is 3. The number of hydrogen-bond donors (Lipinski definition) is 1. The molecule has 1 heterocycles. The Morgan fingerprint density at radius 2 is 1.94 bits per heavy atom. The molecular formula is C22H19Cl2F3N4O2S. The highest BCUT2D eigenvalue weighted by atomic mass is 35.5. The zero-order valence-corrected chi connectivity index (χ0v) is 20.2. The Labute approximate surface area is 208 Å². The zero-order valence-electron chi connectivity index (χ0n) is 17.8. The highest BCUT2D eigenvalue weighted by Crippen LogP contribution is 2.34. The number of ether oxygens (including phenoxy) is 1. The van der Waals surface area contributed by atoms with Gasteiger partial charge in [-0.05, 0) is 42.8 Å².